The standard InChI is InChI=1S/C25H32FN3O2.2ClH/c1-19(30)29-14-12-28(13-15-29)18-21-16-20(8-9-24(21)31)17-27-25(10-4-5-11-25)22-6-2-3-7-23(22)26;;/h2-3,6-9,16,27,31H,4-5,10-15,17-18H2,1H3;2*1H. The first-order valence-electron chi connectivity index (χ1n) is 11.3. The quantitative estimate of drug-likeness (QED) is 0.612. The molecule has 2 fully saturated rings. The number of nitrogens with zero attached hydrogens (tertiary/aromatic N) is 2. The number of halogens is 3. The third kappa shape index (κ3) is 6.38. The molecular formula is C25H34Cl2FN3O2. The molecule has 2 N–H and O–H groups in total. The fourth-order valence-electron chi connectivity index (χ4n) is 4.98. The second-order valence-electron chi connectivity index (χ2n) is 8.87. The number of phenols is 1. The molecule has 1 saturated heterocycles. The molecule has 0 atom stereocenters. The summed E-state index contributed by atoms with van der Waals surface area (Å²) in [5.41, 5.74) is 2.40. The Morgan fingerprint density at radius 2 is 1.73 bits per heavy atom. The third-order valence-corrected chi connectivity index (χ3v) is 6.83. The Kier molecular flexibility index (Phi) is 9.98. The lowest BCUT2D eigenvalue weighted by atomic mass is 9.87. The van der Waals surface area contributed by atoms with E-state index in [-0.39, 0.29) is 42.1 Å². The number of rotatable bonds is 6. The van der Waals surface area contributed by atoms with Crippen LogP contribution in [0, 0.1) is 5.82 Å². The molecule has 1 amide bonds. The predicted molar refractivity (Wildman–Crippen MR) is 134 cm³/mol. The number of hydrogen-bond donors (Lipinski definition) is 2. The summed E-state index contributed by atoms with van der Waals surface area (Å²) in [5, 5.41) is 14.0. The number of piperazine rings is 1. The van der Waals surface area contributed by atoms with Gasteiger partial charge in [-0.05, 0) is 36.6 Å². The van der Waals surface area contributed by atoms with Crippen molar-refractivity contribution in [3.05, 3.63) is 65.0 Å². The average Bonchev–Trinajstić information content (AvgIpc) is 3.25. The van der Waals surface area contributed by atoms with Gasteiger partial charge in [0.25, 0.3) is 0 Å². The molecule has 182 valence electrons. The van der Waals surface area contributed by atoms with Crippen LogP contribution in [-0.2, 0) is 23.4 Å². The summed E-state index contributed by atoms with van der Waals surface area (Å²) in [6.07, 6.45) is 4.04. The van der Waals surface area contributed by atoms with Crippen LogP contribution in [0.3, 0.4) is 0 Å². The second-order valence-corrected chi connectivity index (χ2v) is 8.87. The number of benzene rings is 2. The number of phenolic OH excluding ortho intramolecular Hbond substituents is 1. The number of hydrogen-bond acceptors (Lipinski definition) is 4. The molecule has 1 aliphatic carbocycles. The van der Waals surface area contributed by atoms with Crippen LogP contribution in [0.4, 0.5) is 4.39 Å². The largest absolute Gasteiger partial charge is 0.508 e. The highest BCUT2D eigenvalue weighted by atomic mass is 35.5. The summed E-state index contributed by atoms with van der Waals surface area (Å²) in [5.74, 6) is 0.265. The Hall–Kier alpha value is -1.86. The first kappa shape index (κ1) is 27.4. The zero-order chi connectivity index (χ0) is 21.8. The van der Waals surface area contributed by atoms with Crippen molar-refractivity contribution < 1.29 is 14.3 Å². The minimum Gasteiger partial charge on any atom is -0.508 e. The fourth-order valence-corrected chi connectivity index (χ4v) is 4.98. The monoisotopic (exact) mass is 497 g/mol. The molecule has 0 unspecified atom stereocenters. The maximum absolute atomic E-state index is 14.6. The molecule has 33 heavy (non-hydrogen) atoms. The van der Waals surface area contributed by atoms with Crippen molar-refractivity contribution in [2.24, 2.45) is 0 Å². The van der Waals surface area contributed by atoms with E-state index in [1.165, 1.54) is 0 Å². The molecule has 0 radical (unpaired) electrons. The number of aromatic hydroxyl groups is 1. The maximum Gasteiger partial charge on any atom is 0.219 e. The first-order chi connectivity index (χ1) is 15.0. The van der Waals surface area contributed by atoms with Crippen LogP contribution in [0.2, 0.25) is 0 Å². The Bertz CT molecular complexity index is 930. The zero-order valence-corrected chi connectivity index (χ0v) is 20.7. The Labute approximate surface area is 208 Å². The molecule has 0 bridgehead atoms. The van der Waals surface area contributed by atoms with Gasteiger partial charge in [0.1, 0.15) is 11.6 Å². The van der Waals surface area contributed by atoms with Crippen LogP contribution in [0.15, 0.2) is 42.5 Å². The molecule has 1 heterocycles. The molecule has 1 aliphatic heterocycles. The molecule has 0 aromatic heterocycles. The summed E-state index contributed by atoms with van der Waals surface area (Å²) < 4.78 is 14.6. The predicted octanol–water partition coefficient (Wildman–Crippen LogP) is 4.60. The second kappa shape index (κ2) is 12.0. The zero-order valence-electron chi connectivity index (χ0n) is 19.1. The van der Waals surface area contributed by atoms with E-state index in [0.717, 1.165) is 68.6 Å². The summed E-state index contributed by atoms with van der Waals surface area (Å²) in [7, 11) is 0. The average molecular weight is 498 g/mol. The molecule has 0 spiro atoms. The van der Waals surface area contributed by atoms with Crippen molar-refractivity contribution >= 4 is 30.7 Å². The van der Waals surface area contributed by atoms with E-state index in [1.54, 1.807) is 25.1 Å². The van der Waals surface area contributed by atoms with E-state index in [9.17, 15) is 14.3 Å². The third-order valence-electron chi connectivity index (χ3n) is 6.83. The van der Waals surface area contributed by atoms with Crippen molar-refractivity contribution in [3.8, 4) is 5.75 Å². The summed E-state index contributed by atoms with van der Waals surface area (Å²) in [6, 6.07) is 12.8. The number of carbonyl (C=O) groups excluding carboxylic acids is 1. The van der Waals surface area contributed by atoms with Crippen LogP contribution in [0.25, 0.3) is 0 Å². The molecule has 1 saturated carbocycles. The number of carbonyl (C=O) groups is 1. The lowest BCUT2D eigenvalue weighted by molar-refractivity contribution is -0.130. The number of nitrogens with one attached hydrogen (secondary N) is 1. The molecule has 4 rings (SSSR count). The van der Waals surface area contributed by atoms with Gasteiger partial charge in [-0.2, -0.15) is 0 Å². The van der Waals surface area contributed by atoms with E-state index >= 15 is 0 Å². The minimum absolute atomic E-state index is 0. The van der Waals surface area contributed by atoms with Gasteiger partial charge in [-0.1, -0.05) is 37.1 Å². The number of amides is 1. The lowest BCUT2D eigenvalue weighted by Crippen LogP contribution is -2.47. The topological polar surface area (TPSA) is 55.8 Å². The fraction of sp³-hybridized carbons (Fsp3) is 0.480. The highest BCUT2D eigenvalue weighted by molar-refractivity contribution is 5.85. The van der Waals surface area contributed by atoms with Gasteiger partial charge in [-0.25, -0.2) is 4.39 Å². The molecule has 2 aromatic carbocycles. The van der Waals surface area contributed by atoms with Crippen molar-refractivity contribution in [1.82, 2.24) is 15.1 Å². The van der Waals surface area contributed by atoms with Crippen LogP contribution in [0.5, 0.6) is 5.75 Å². The Balaban J connectivity index is 0.00000193. The van der Waals surface area contributed by atoms with E-state index in [1.807, 2.05) is 29.2 Å². The van der Waals surface area contributed by atoms with Gasteiger partial charge in [-0.15, -0.1) is 24.8 Å². The lowest BCUT2D eigenvalue weighted by Gasteiger charge is -2.34. The van der Waals surface area contributed by atoms with Crippen molar-refractivity contribution in [2.45, 2.75) is 51.2 Å². The van der Waals surface area contributed by atoms with Crippen LogP contribution >= 0.6 is 24.8 Å². The SMILES string of the molecule is CC(=O)N1CCN(Cc2cc(CNC3(c4ccccc4F)CCCC3)ccc2O)CC1.Cl.Cl. The summed E-state index contributed by atoms with van der Waals surface area (Å²) >= 11 is 0. The molecule has 5 nitrogen and oxygen atoms in total. The van der Waals surface area contributed by atoms with E-state index in [0.29, 0.717) is 18.8 Å². The van der Waals surface area contributed by atoms with Gasteiger partial charge in [0.2, 0.25) is 5.91 Å². The van der Waals surface area contributed by atoms with E-state index < -0.39 is 0 Å². The van der Waals surface area contributed by atoms with Gasteiger partial charge in [0, 0.05) is 62.9 Å². The highest BCUT2D eigenvalue weighted by Crippen LogP contribution is 2.40. The van der Waals surface area contributed by atoms with Gasteiger partial charge in [0.15, 0.2) is 0 Å². The first-order valence-corrected chi connectivity index (χ1v) is 11.3. The normalized spacial score (nSPS) is 17.8. The summed E-state index contributed by atoms with van der Waals surface area (Å²) in [4.78, 5) is 15.7. The molecular weight excluding hydrogens is 464 g/mol. The van der Waals surface area contributed by atoms with Gasteiger partial charge in [0.05, 0.1) is 0 Å². The van der Waals surface area contributed by atoms with Crippen molar-refractivity contribution in [2.75, 3.05) is 26.2 Å². The van der Waals surface area contributed by atoms with Gasteiger partial charge < -0.3 is 15.3 Å². The Morgan fingerprint density at radius 1 is 1.06 bits per heavy atom. The molecule has 8 heteroatoms. The Morgan fingerprint density at radius 3 is 2.36 bits per heavy atom. The smallest absolute Gasteiger partial charge is 0.219 e. The van der Waals surface area contributed by atoms with Crippen LogP contribution < -0.4 is 5.32 Å². The van der Waals surface area contributed by atoms with Gasteiger partial charge >= 0.3 is 0 Å². The van der Waals surface area contributed by atoms with Crippen LogP contribution in [0.1, 0.15) is 49.3 Å². The summed E-state index contributed by atoms with van der Waals surface area (Å²) in [6.45, 7) is 5.95. The minimum atomic E-state index is -0.327. The van der Waals surface area contributed by atoms with Crippen LogP contribution in [-0.4, -0.2) is 47.0 Å². The van der Waals surface area contributed by atoms with Crippen molar-refractivity contribution in [1.29, 1.82) is 0 Å². The molecule has 2 aromatic rings. The molecule has 2 aliphatic rings. The van der Waals surface area contributed by atoms with E-state index in [4.69, 9.17) is 0 Å². The maximum atomic E-state index is 14.6. The van der Waals surface area contributed by atoms with E-state index in [2.05, 4.69) is 10.2 Å². The highest BCUT2D eigenvalue weighted by Gasteiger charge is 2.37. The van der Waals surface area contributed by atoms with Gasteiger partial charge in [-0.3, -0.25) is 9.69 Å². The van der Waals surface area contributed by atoms with Crippen molar-refractivity contribution in [3.63, 3.8) is 0 Å².